The lowest BCUT2D eigenvalue weighted by Gasteiger charge is -2.10. The molecule has 50 heavy (non-hydrogen) atoms. The van der Waals surface area contributed by atoms with Crippen molar-refractivity contribution in [3.63, 3.8) is 0 Å². The molecule has 0 fully saturated rings. The van der Waals surface area contributed by atoms with Gasteiger partial charge in [0.15, 0.2) is 17.5 Å². The second-order valence-electron chi connectivity index (χ2n) is 12.4. The first kappa shape index (κ1) is 28.6. The average Bonchev–Trinajstić information content (AvgIpc) is 3.76. The molecule has 0 saturated carbocycles. The normalized spacial score (nSPS) is 11.6. The lowest BCUT2D eigenvalue weighted by Crippen LogP contribution is -2.00. The summed E-state index contributed by atoms with van der Waals surface area (Å²) >= 11 is 1.80. The molecule has 0 saturated heterocycles. The van der Waals surface area contributed by atoms with Crippen molar-refractivity contribution in [2.45, 2.75) is 0 Å². The van der Waals surface area contributed by atoms with Crippen LogP contribution in [-0.4, -0.2) is 15.0 Å². The number of thiophene rings is 1. The standard InChI is InChI=1S/C45H27N3OS/c1-3-12-28(13-4-1)32-16-7-8-17-33(32)30-23-25-40-37(26-30)34-24-22-31(27-41(34)50-40)44-46-43(29-14-5-2-6-15-29)47-45(48-44)36-19-11-21-39-42(36)35-18-9-10-20-38(35)49-39/h1-27H. The zero-order valence-corrected chi connectivity index (χ0v) is 27.6. The van der Waals surface area contributed by atoms with E-state index in [9.17, 15) is 0 Å². The van der Waals surface area contributed by atoms with E-state index in [1.807, 2.05) is 60.7 Å². The number of nitrogens with zero attached hydrogens (tertiary/aromatic N) is 3. The number of rotatable bonds is 5. The third-order valence-electron chi connectivity index (χ3n) is 9.36. The number of hydrogen-bond acceptors (Lipinski definition) is 5. The average molecular weight is 658 g/mol. The summed E-state index contributed by atoms with van der Waals surface area (Å²) in [7, 11) is 0. The minimum Gasteiger partial charge on any atom is -0.456 e. The number of benzene rings is 7. The number of hydrogen-bond donors (Lipinski definition) is 0. The smallest absolute Gasteiger partial charge is 0.164 e. The molecule has 0 radical (unpaired) electrons. The third-order valence-corrected chi connectivity index (χ3v) is 10.5. The number of fused-ring (bicyclic) bond motifs is 6. The van der Waals surface area contributed by atoms with E-state index in [0.717, 1.165) is 38.6 Å². The SMILES string of the molecule is c1ccc(-c2nc(-c3ccc4c(c3)sc3ccc(-c5ccccc5-c5ccccc5)cc34)nc(-c3cccc4oc5ccccc5c34)n2)cc1. The van der Waals surface area contributed by atoms with E-state index in [-0.39, 0.29) is 0 Å². The molecule has 0 N–H and O–H groups in total. The Morgan fingerprint density at radius 3 is 1.80 bits per heavy atom. The highest BCUT2D eigenvalue weighted by molar-refractivity contribution is 7.25. The van der Waals surface area contributed by atoms with Gasteiger partial charge in [-0.3, -0.25) is 0 Å². The van der Waals surface area contributed by atoms with E-state index in [0.29, 0.717) is 17.5 Å². The van der Waals surface area contributed by atoms with Gasteiger partial charge in [-0.15, -0.1) is 11.3 Å². The fourth-order valence-electron chi connectivity index (χ4n) is 6.99. The van der Waals surface area contributed by atoms with Crippen LogP contribution in [0.2, 0.25) is 0 Å². The summed E-state index contributed by atoms with van der Waals surface area (Å²) in [5, 5.41) is 4.51. The maximum Gasteiger partial charge on any atom is 0.164 e. The van der Waals surface area contributed by atoms with E-state index < -0.39 is 0 Å². The predicted octanol–water partition coefficient (Wildman–Crippen LogP) is 12.5. The quantitative estimate of drug-likeness (QED) is 0.185. The zero-order valence-electron chi connectivity index (χ0n) is 26.7. The van der Waals surface area contributed by atoms with Crippen molar-refractivity contribution in [2.24, 2.45) is 0 Å². The van der Waals surface area contributed by atoms with Crippen LogP contribution in [0, 0.1) is 0 Å². The molecule has 10 aromatic rings. The van der Waals surface area contributed by atoms with Crippen molar-refractivity contribution in [3.05, 3.63) is 164 Å². The molecule has 0 aliphatic heterocycles. The number of para-hydroxylation sites is 1. The Labute approximate surface area is 292 Å². The van der Waals surface area contributed by atoms with E-state index in [4.69, 9.17) is 19.4 Å². The topological polar surface area (TPSA) is 51.8 Å². The Kier molecular flexibility index (Phi) is 6.64. The van der Waals surface area contributed by atoms with Crippen molar-refractivity contribution in [2.75, 3.05) is 0 Å². The fraction of sp³-hybridized carbons (Fsp3) is 0. The van der Waals surface area contributed by atoms with Crippen molar-refractivity contribution in [1.82, 2.24) is 15.0 Å². The molecule has 234 valence electrons. The van der Waals surface area contributed by atoms with E-state index in [1.165, 1.54) is 42.4 Å². The van der Waals surface area contributed by atoms with Crippen LogP contribution in [0.25, 0.3) is 98.5 Å². The molecular weight excluding hydrogens is 631 g/mol. The zero-order chi connectivity index (χ0) is 33.0. The molecule has 0 amide bonds. The first-order chi connectivity index (χ1) is 24.8. The van der Waals surface area contributed by atoms with Crippen LogP contribution >= 0.6 is 11.3 Å². The van der Waals surface area contributed by atoms with Crippen LogP contribution in [0.4, 0.5) is 0 Å². The molecule has 4 nitrogen and oxygen atoms in total. The molecule has 10 rings (SSSR count). The molecule has 3 aromatic heterocycles. The van der Waals surface area contributed by atoms with Gasteiger partial charge in [0.2, 0.25) is 0 Å². The Morgan fingerprint density at radius 2 is 0.980 bits per heavy atom. The fourth-order valence-corrected chi connectivity index (χ4v) is 8.12. The maximum atomic E-state index is 6.22. The van der Waals surface area contributed by atoms with Crippen LogP contribution < -0.4 is 0 Å². The number of furan rings is 1. The van der Waals surface area contributed by atoms with Crippen molar-refractivity contribution < 1.29 is 4.42 Å². The Morgan fingerprint density at radius 1 is 0.360 bits per heavy atom. The second-order valence-corrected chi connectivity index (χ2v) is 13.5. The Hall–Kier alpha value is -6.43. The predicted molar refractivity (Wildman–Crippen MR) is 207 cm³/mol. The number of aromatic nitrogens is 3. The summed E-state index contributed by atoms with van der Waals surface area (Å²) < 4.78 is 8.66. The molecule has 0 spiro atoms. The third kappa shape index (κ3) is 4.79. The molecular formula is C45H27N3OS. The van der Waals surface area contributed by atoms with Crippen LogP contribution in [0.1, 0.15) is 0 Å². The summed E-state index contributed by atoms with van der Waals surface area (Å²) in [5.74, 6) is 1.88. The summed E-state index contributed by atoms with van der Waals surface area (Å²) in [6.07, 6.45) is 0. The van der Waals surface area contributed by atoms with E-state index in [1.54, 1.807) is 11.3 Å². The van der Waals surface area contributed by atoms with Crippen LogP contribution in [0.15, 0.2) is 168 Å². The Balaban J connectivity index is 1.12. The van der Waals surface area contributed by atoms with E-state index in [2.05, 4.69) is 103 Å². The lowest BCUT2D eigenvalue weighted by atomic mass is 9.94. The molecule has 0 unspecified atom stereocenters. The molecule has 7 aromatic carbocycles. The van der Waals surface area contributed by atoms with Gasteiger partial charge in [-0.25, -0.2) is 15.0 Å². The van der Waals surface area contributed by atoms with Gasteiger partial charge in [-0.2, -0.15) is 0 Å². The molecule has 0 aliphatic carbocycles. The molecule has 0 aliphatic rings. The highest BCUT2D eigenvalue weighted by Gasteiger charge is 2.18. The van der Waals surface area contributed by atoms with Crippen LogP contribution in [-0.2, 0) is 0 Å². The van der Waals surface area contributed by atoms with Gasteiger partial charge in [-0.05, 0) is 52.6 Å². The van der Waals surface area contributed by atoms with Gasteiger partial charge in [-0.1, -0.05) is 133 Å². The van der Waals surface area contributed by atoms with Gasteiger partial charge in [0.25, 0.3) is 0 Å². The summed E-state index contributed by atoms with van der Waals surface area (Å²) in [6, 6.07) is 56.9. The highest BCUT2D eigenvalue weighted by Crippen LogP contribution is 2.41. The molecule has 0 bridgehead atoms. The molecule has 0 atom stereocenters. The van der Waals surface area contributed by atoms with Crippen molar-refractivity contribution in [3.8, 4) is 56.4 Å². The first-order valence-electron chi connectivity index (χ1n) is 16.6. The van der Waals surface area contributed by atoms with E-state index >= 15 is 0 Å². The largest absolute Gasteiger partial charge is 0.456 e. The summed E-state index contributed by atoms with van der Waals surface area (Å²) in [6.45, 7) is 0. The Bertz CT molecular complexity index is 2870. The molecule has 3 heterocycles. The van der Waals surface area contributed by atoms with Gasteiger partial charge >= 0.3 is 0 Å². The van der Waals surface area contributed by atoms with Crippen molar-refractivity contribution >= 4 is 53.4 Å². The summed E-state index contributed by atoms with van der Waals surface area (Å²) in [4.78, 5) is 15.2. The second kappa shape index (κ2) is 11.6. The summed E-state index contributed by atoms with van der Waals surface area (Å²) in [5.41, 5.74) is 9.33. The minimum absolute atomic E-state index is 0.615. The highest BCUT2D eigenvalue weighted by atomic mass is 32.1. The molecule has 5 heteroatoms. The van der Waals surface area contributed by atoms with Gasteiger partial charge in [0.1, 0.15) is 11.2 Å². The lowest BCUT2D eigenvalue weighted by molar-refractivity contribution is 0.669. The van der Waals surface area contributed by atoms with Gasteiger partial charge < -0.3 is 4.42 Å². The van der Waals surface area contributed by atoms with Crippen molar-refractivity contribution in [1.29, 1.82) is 0 Å². The monoisotopic (exact) mass is 657 g/mol. The first-order valence-corrected chi connectivity index (χ1v) is 17.4. The van der Waals surface area contributed by atoms with Crippen LogP contribution in [0.3, 0.4) is 0 Å². The van der Waals surface area contributed by atoms with Gasteiger partial charge in [0.05, 0.1) is 0 Å². The van der Waals surface area contributed by atoms with Crippen LogP contribution in [0.5, 0.6) is 0 Å². The maximum absolute atomic E-state index is 6.22. The minimum atomic E-state index is 0.615. The van der Waals surface area contributed by atoms with Gasteiger partial charge in [0, 0.05) is 47.6 Å².